The lowest BCUT2D eigenvalue weighted by atomic mass is 10.1. The topological polar surface area (TPSA) is 114 Å². The van der Waals surface area contributed by atoms with Crippen LogP contribution in [0.3, 0.4) is 0 Å². The minimum Gasteiger partial charge on any atom is -0.493 e. The van der Waals surface area contributed by atoms with E-state index in [1.54, 1.807) is 41.4 Å². The normalized spacial score (nSPS) is 10.4. The van der Waals surface area contributed by atoms with Crippen LogP contribution < -0.4 is 19.7 Å². The Morgan fingerprint density at radius 3 is 2.33 bits per heavy atom. The zero-order chi connectivity index (χ0) is 24.0. The number of nitrogens with zero attached hydrogens (tertiary/aromatic N) is 3. The molecule has 0 bridgehead atoms. The summed E-state index contributed by atoms with van der Waals surface area (Å²) in [5, 5.41) is 11.9. The molecule has 0 radical (unpaired) electrons. The molecular formula is C24H26N4O5. The zero-order valence-electron chi connectivity index (χ0n) is 19.0. The second-order valence-electron chi connectivity index (χ2n) is 7.50. The second-order valence-corrected chi connectivity index (χ2v) is 7.50. The van der Waals surface area contributed by atoms with Crippen LogP contribution in [0.5, 0.6) is 11.5 Å². The van der Waals surface area contributed by atoms with Gasteiger partial charge in [-0.25, -0.2) is 9.97 Å². The van der Waals surface area contributed by atoms with Crippen LogP contribution in [0.1, 0.15) is 27.3 Å². The lowest BCUT2D eigenvalue weighted by Crippen LogP contribution is -2.17. The van der Waals surface area contributed by atoms with E-state index in [1.807, 2.05) is 26.2 Å². The Labute approximate surface area is 192 Å². The third kappa shape index (κ3) is 5.97. The van der Waals surface area contributed by atoms with Gasteiger partial charge in [-0.15, -0.1) is 0 Å². The fourth-order valence-corrected chi connectivity index (χ4v) is 3.26. The molecule has 1 aromatic heterocycles. The molecule has 33 heavy (non-hydrogen) atoms. The maximum atomic E-state index is 12.6. The van der Waals surface area contributed by atoms with Crippen LogP contribution in [-0.2, 0) is 17.6 Å². The number of carboxylic acids is 1. The number of carbonyl (C=O) groups is 2. The average molecular weight is 450 g/mol. The van der Waals surface area contributed by atoms with Crippen LogP contribution in [-0.4, -0.2) is 55.3 Å². The van der Waals surface area contributed by atoms with Gasteiger partial charge in [0.15, 0.2) is 11.5 Å². The highest BCUT2D eigenvalue weighted by atomic mass is 16.5. The number of anilines is 2. The number of carboxylic acid groups (broad SMARTS) is 1. The number of rotatable bonds is 9. The van der Waals surface area contributed by atoms with Gasteiger partial charge < -0.3 is 24.8 Å². The van der Waals surface area contributed by atoms with Crippen molar-refractivity contribution in [2.24, 2.45) is 0 Å². The summed E-state index contributed by atoms with van der Waals surface area (Å²) in [6, 6.07) is 12.3. The molecule has 0 saturated carbocycles. The molecule has 0 unspecified atom stereocenters. The summed E-state index contributed by atoms with van der Waals surface area (Å²) < 4.78 is 10.4. The number of hydrogen-bond donors (Lipinski definition) is 2. The molecule has 1 amide bonds. The number of methoxy groups -OCH3 is 2. The first-order valence-corrected chi connectivity index (χ1v) is 10.2. The molecule has 0 aliphatic heterocycles. The summed E-state index contributed by atoms with van der Waals surface area (Å²) in [6.07, 6.45) is 1.89. The number of carbonyl (C=O) groups excluding carboxylic acids is 1. The molecule has 2 aromatic carbocycles. The van der Waals surface area contributed by atoms with Crippen LogP contribution in [0, 0.1) is 0 Å². The lowest BCUT2D eigenvalue weighted by molar-refractivity contribution is -0.136. The predicted molar refractivity (Wildman–Crippen MR) is 124 cm³/mol. The SMILES string of the molecule is COc1ccc(C(=O)Nc2ccc(Cc3ncc(CC(=O)O)c(N(C)C)n3)cc2)cc1OC. The lowest BCUT2D eigenvalue weighted by Gasteiger charge is -2.16. The molecule has 9 nitrogen and oxygen atoms in total. The molecule has 2 N–H and O–H groups in total. The van der Waals surface area contributed by atoms with Crippen molar-refractivity contribution < 1.29 is 24.2 Å². The van der Waals surface area contributed by atoms with Crippen LogP contribution >= 0.6 is 0 Å². The number of nitrogens with one attached hydrogen (secondary N) is 1. The minimum atomic E-state index is -0.930. The van der Waals surface area contributed by atoms with E-state index in [0.717, 1.165) is 5.56 Å². The minimum absolute atomic E-state index is 0.137. The molecule has 172 valence electrons. The van der Waals surface area contributed by atoms with Gasteiger partial charge in [-0.3, -0.25) is 9.59 Å². The third-order valence-electron chi connectivity index (χ3n) is 4.88. The van der Waals surface area contributed by atoms with Gasteiger partial charge in [0.25, 0.3) is 5.91 Å². The maximum absolute atomic E-state index is 12.6. The first-order chi connectivity index (χ1) is 15.8. The van der Waals surface area contributed by atoms with Gasteiger partial charge in [0.05, 0.1) is 20.6 Å². The van der Waals surface area contributed by atoms with Crippen molar-refractivity contribution in [3.8, 4) is 11.5 Å². The predicted octanol–water partition coefficient (Wildman–Crippen LogP) is 3.03. The second kappa shape index (κ2) is 10.4. The van der Waals surface area contributed by atoms with E-state index in [0.29, 0.717) is 46.4 Å². The summed E-state index contributed by atoms with van der Waals surface area (Å²) in [5.41, 5.74) is 2.60. The Morgan fingerprint density at radius 2 is 1.73 bits per heavy atom. The molecule has 0 atom stereocenters. The molecule has 0 saturated heterocycles. The monoisotopic (exact) mass is 450 g/mol. The van der Waals surface area contributed by atoms with E-state index in [-0.39, 0.29) is 12.3 Å². The molecular weight excluding hydrogens is 424 g/mol. The Morgan fingerprint density at radius 1 is 1.03 bits per heavy atom. The van der Waals surface area contributed by atoms with Gasteiger partial charge in [-0.2, -0.15) is 0 Å². The largest absolute Gasteiger partial charge is 0.493 e. The molecule has 0 spiro atoms. The quantitative estimate of drug-likeness (QED) is 0.511. The van der Waals surface area contributed by atoms with Gasteiger partial charge in [0, 0.05) is 43.5 Å². The van der Waals surface area contributed by atoms with E-state index in [2.05, 4.69) is 15.3 Å². The zero-order valence-corrected chi connectivity index (χ0v) is 19.0. The van der Waals surface area contributed by atoms with Crippen LogP contribution in [0.25, 0.3) is 0 Å². The van der Waals surface area contributed by atoms with E-state index in [9.17, 15) is 9.59 Å². The highest BCUT2D eigenvalue weighted by Crippen LogP contribution is 2.28. The average Bonchev–Trinajstić information content (AvgIpc) is 2.80. The summed E-state index contributed by atoms with van der Waals surface area (Å²) >= 11 is 0. The number of hydrogen-bond acceptors (Lipinski definition) is 7. The van der Waals surface area contributed by atoms with E-state index in [1.165, 1.54) is 14.2 Å². The van der Waals surface area contributed by atoms with Gasteiger partial charge >= 0.3 is 5.97 Å². The van der Waals surface area contributed by atoms with Crippen LogP contribution in [0.15, 0.2) is 48.7 Å². The number of aliphatic carboxylic acids is 1. The number of ether oxygens (including phenoxy) is 2. The van der Waals surface area contributed by atoms with Gasteiger partial charge in [-0.05, 0) is 35.9 Å². The Balaban J connectivity index is 1.70. The molecule has 0 aliphatic rings. The first-order valence-electron chi connectivity index (χ1n) is 10.2. The smallest absolute Gasteiger partial charge is 0.308 e. The van der Waals surface area contributed by atoms with Crippen molar-refractivity contribution in [3.63, 3.8) is 0 Å². The van der Waals surface area contributed by atoms with Crippen molar-refractivity contribution in [2.75, 3.05) is 38.5 Å². The van der Waals surface area contributed by atoms with E-state index in [4.69, 9.17) is 14.6 Å². The first kappa shape index (κ1) is 23.5. The van der Waals surface area contributed by atoms with E-state index < -0.39 is 5.97 Å². The maximum Gasteiger partial charge on any atom is 0.308 e. The van der Waals surface area contributed by atoms with Crippen LogP contribution in [0.4, 0.5) is 11.5 Å². The number of benzene rings is 2. The summed E-state index contributed by atoms with van der Waals surface area (Å²) in [7, 11) is 6.68. The van der Waals surface area contributed by atoms with Gasteiger partial charge in [-0.1, -0.05) is 12.1 Å². The van der Waals surface area contributed by atoms with E-state index >= 15 is 0 Å². The van der Waals surface area contributed by atoms with Crippen molar-refractivity contribution in [1.82, 2.24) is 9.97 Å². The highest BCUT2D eigenvalue weighted by Gasteiger charge is 2.14. The fraction of sp³-hybridized carbons (Fsp3) is 0.250. The number of aromatic nitrogens is 2. The number of amides is 1. The van der Waals surface area contributed by atoms with Crippen molar-refractivity contribution in [2.45, 2.75) is 12.8 Å². The van der Waals surface area contributed by atoms with Crippen molar-refractivity contribution in [3.05, 3.63) is 71.2 Å². The third-order valence-corrected chi connectivity index (χ3v) is 4.88. The summed E-state index contributed by atoms with van der Waals surface area (Å²) in [4.78, 5) is 34.3. The molecule has 0 aliphatic carbocycles. The summed E-state index contributed by atoms with van der Waals surface area (Å²) in [6.45, 7) is 0. The highest BCUT2D eigenvalue weighted by molar-refractivity contribution is 6.04. The fourth-order valence-electron chi connectivity index (χ4n) is 3.26. The standard InChI is InChI=1S/C24H26N4O5/c1-28(2)23-17(13-22(29)30)14-25-21(27-23)11-15-5-8-18(9-6-15)26-24(31)16-7-10-19(32-3)20(12-16)33-4/h5-10,12,14H,11,13H2,1-4H3,(H,26,31)(H,29,30). The van der Waals surface area contributed by atoms with Gasteiger partial charge in [0.1, 0.15) is 11.6 Å². The molecule has 3 rings (SSSR count). The molecule has 0 fully saturated rings. The summed E-state index contributed by atoms with van der Waals surface area (Å²) in [5.74, 6) is 0.994. The van der Waals surface area contributed by atoms with Crippen molar-refractivity contribution >= 4 is 23.4 Å². The Hall–Kier alpha value is -4.14. The van der Waals surface area contributed by atoms with Gasteiger partial charge in [0.2, 0.25) is 0 Å². The Kier molecular flexibility index (Phi) is 7.45. The molecule has 3 aromatic rings. The molecule has 9 heteroatoms. The Bertz CT molecular complexity index is 1150. The molecule has 1 heterocycles. The van der Waals surface area contributed by atoms with Crippen molar-refractivity contribution in [1.29, 1.82) is 0 Å². The van der Waals surface area contributed by atoms with Crippen LogP contribution in [0.2, 0.25) is 0 Å².